The molecule has 1 aromatic rings. The van der Waals surface area contributed by atoms with Gasteiger partial charge in [0.15, 0.2) is 0 Å². The smallest absolute Gasteiger partial charge is 0.306 e. The van der Waals surface area contributed by atoms with Crippen LogP contribution < -0.4 is 3.71 Å². The van der Waals surface area contributed by atoms with E-state index in [1.54, 1.807) is 6.07 Å². The van der Waals surface area contributed by atoms with E-state index < -0.39 is 20.0 Å². The number of carbonyl (C=O) groups is 1. The summed E-state index contributed by atoms with van der Waals surface area (Å²) in [4.78, 5) is 11.5. The van der Waals surface area contributed by atoms with E-state index >= 15 is 0 Å². The Balaban J connectivity index is 2.98. The van der Waals surface area contributed by atoms with Gasteiger partial charge in [-0.2, -0.15) is 3.71 Å². The molecular formula is C14H21NO6S2. The van der Waals surface area contributed by atoms with Crippen molar-refractivity contribution in [2.75, 3.05) is 16.2 Å². The van der Waals surface area contributed by atoms with Gasteiger partial charge in [-0.15, -0.1) is 0 Å². The molecule has 0 aliphatic carbocycles. The van der Waals surface area contributed by atoms with Crippen molar-refractivity contribution in [1.82, 2.24) is 0 Å². The standard InChI is InChI=1S/C14H21NO6S2/c1-4-5-9-14(16)21-11-12-7-6-8-13(10-12)15(22(2,17)18)23(3,19)20/h6-8,10H,4-5,9,11H2,1-3H3. The number of benzene rings is 1. The lowest BCUT2D eigenvalue weighted by Gasteiger charge is -2.20. The first-order valence-electron chi connectivity index (χ1n) is 7.00. The van der Waals surface area contributed by atoms with Crippen LogP contribution in [0.2, 0.25) is 0 Å². The number of rotatable bonds is 8. The molecule has 0 fully saturated rings. The number of ether oxygens (including phenoxy) is 1. The molecule has 0 heterocycles. The zero-order chi connectivity index (χ0) is 17.7. The fourth-order valence-corrected chi connectivity index (χ4v) is 4.91. The van der Waals surface area contributed by atoms with Crippen LogP contribution in [0.25, 0.3) is 0 Å². The molecular weight excluding hydrogens is 342 g/mol. The second kappa shape index (κ2) is 7.78. The fourth-order valence-electron chi connectivity index (χ4n) is 1.95. The minimum atomic E-state index is -4.00. The largest absolute Gasteiger partial charge is 0.461 e. The van der Waals surface area contributed by atoms with Gasteiger partial charge >= 0.3 is 5.97 Å². The van der Waals surface area contributed by atoms with Crippen LogP contribution in [-0.2, 0) is 36.2 Å². The van der Waals surface area contributed by atoms with E-state index in [-0.39, 0.29) is 18.3 Å². The van der Waals surface area contributed by atoms with Crippen LogP contribution in [0.15, 0.2) is 24.3 Å². The summed E-state index contributed by atoms with van der Waals surface area (Å²) in [6.45, 7) is 1.92. The summed E-state index contributed by atoms with van der Waals surface area (Å²) in [5, 5.41) is 0. The second-order valence-electron chi connectivity index (χ2n) is 5.16. The minimum Gasteiger partial charge on any atom is -0.461 e. The number of nitrogens with zero attached hydrogens (tertiary/aromatic N) is 1. The molecule has 0 saturated carbocycles. The van der Waals surface area contributed by atoms with Crippen molar-refractivity contribution in [1.29, 1.82) is 0 Å². The highest BCUT2D eigenvalue weighted by Crippen LogP contribution is 2.22. The van der Waals surface area contributed by atoms with Crippen molar-refractivity contribution >= 4 is 31.7 Å². The van der Waals surface area contributed by atoms with E-state index in [0.29, 0.717) is 15.7 Å². The van der Waals surface area contributed by atoms with Crippen LogP contribution in [0, 0.1) is 0 Å². The molecule has 0 radical (unpaired) electrons. The number of sulfonamides is 2. The molecule has 1 aromatic carbocycles. The maximum atomic E-state index is 11.7. The summed E-state index contributed by atoms with van der Waals surface area (Å²) < 4.78 is 52.4. The molecule has 1 rings (SSSR count). The summed E-state index contributed by atoms with van der Waals surface area (Å²) in [7, 11) is -8.00. The number of hydrogen-bond donors (Lipinski definition) is 0. The van der Waals surface area contributed by atoms with Gasteiger partial charge in [-0.05, 0) is 24.1 Å². The lowest BCUT2D eigenvalue weighted by molar-refractivity contribution is -0.145. The van der Waals surface area contributed by atoms with Crippen LogP contribution >= 0.6 is 0 Å². The van der Waals surface area contributed by atoms with Gasteiger partial charge in [0.2, 0.25) is 20.0 Å². The Labute approximate surface area is 137 Å². The van der Waals surface area contributed by atoms with Gasteiger partial charge in [0.05, 0.1) is 18.2 Å². The number of carbonyl (C=O) groups excluding carboxylic acids is 1. The molecule has 0 amide bonds. The average molecular weight is 363 g/mol. The predicted octanol–water partition coefficient (Wildman–Crippen LogP) is 1.65. The quantitative estimate of drug-likeness (QED) is 0.651. The van der Waals surface area contributed by atoms with Crippen molar-refractivity contribution in [2.45, 2.75) is 32.8 Å². The Hall–Kier alpha value is -1.61. The Kier molecular flexibility index (Phi) is 6.57. The van der Waals surface area contributed by atoms with Crippen molar-refractivity contribution in [2.24, 2.45) is 0 Å². The second-order valence-corrected chi connectivity index (χ2v) is 9.05. The number of anilines is 1. The van der Waals surface area contributed by atoms with Crippen LogP contribution in [0.4, 0.5) is 5.69 Å². The van der Waals surface area contributed by atoms with Crippen LogP contribution in [0.1, 0.15) is 31.7 Å². The SMILES string of the molecule is CCCCC(=O)OCc1cccc(N(S(C)(=O)=O)S(C)(=O)=O)c1. The van der Waals surface area contributed by atoms with E-state index in [4.69, 9.17) is 4.74 Å². The molecule has 9 heteroatoms. The van der Waals surface area contributed by atoms with Gasteiger partial charge in [0, 0.05) is 6.42 Å². The summed E-state index contributed by atoms with van der Waals surface area (Å²) in [6, 6.07) is 5.87. The lowest BCUT2D eigenvalue weighted by Crippen LogP contribution is -2.35. The number of unbranched alkanes of at least 4 members (excludes halogenated alkanes) is 1. The van der Waals surface area contributed by atoms with Crippen molar-refractivity contribution in [3.8, 4) is 0 Å². The highest BCUT2D eigenvalue weighted by atomic mass is 32.3. The third-order valence-corrected chi connectivity index (χ3v) is 6.11. The minimum absolute atomic E-state index is 0.0166. The van der Waals surface area contributed by atoms with E-state index in [1.807, 2.05) is 6.92 Å². The summed E-state index contributed by atoms with van der Waals surface area (Å²) in [5.41, 5.74) is 0.488. The molecule has 0 saturated heterocycles. The van der Waals surface area contributed by atoms with Crippen LogP contribution in [-0.4, -0.2) is 35.3 Å². The molecule has 0 aliphatic heterocycles. The first-order chi connectivity index (χ1) is 10.6. The van der Waals surface area contributed by atoms with Crippen molar-refractivity contribution in [3.63, 3.8) is 0 Å². The molecule has 0 unspecified atom stereocenters. The predicted molar refractivity (Wildman–Crippen MR) is 87.9 cm³/mol. The summed E-state index contributed by atoms with van der Waals surface area (Å²) >= 11 is 0. The summed E-state index contributed by atoms with van der Waals surface area (Å²) in [5.74, 6) is -0.347. The van der Waals surface area contributed by atoms with Crippen LogP contribution in [0.5, 0.6) is 0 Å². The van der Waals surface area contributed by atoms with Crippen molar-refractivity contribution in [3.05, 3.63) is 29.8 Å². The van der Waals surface area contributed by atoms with E-state index in [2.05, 4.69) is 0 Å². The molecule has 0 aromatic heterocycles. The van der Waals surface area contributed by atoms with Gasteiger partial charge in [-0.3, -0.25) is 4.79 Å². The first-order valence-corrected chi connectivity index (χ1v) is 10.7. The molecule has 0 spiro atoms. The molecule has 0 aliphatic rings. The van der Waals surface area contributed by atoms with Gasteiger partial charge in [0.25, 0.3) is 0 Å². The molecule has 0 N–H and O–H groups in total. The molecule has 23 heavy (non-hydrogen) atoms. The highest BCUT2D eigenvalue weighted by molar-refractivity contribution is 8.09. The van der Waals surface area contributed by atoms with Crippen LogP contribution in [0.3, 0.4) is 0 Å². The molecule has 0 bridgehead atoms. The van der Waals surface area contributed by atoms with Gasteiger partial charge in [0.1, 0.15) is 6.61 Å². The Bertz CT molecular complexity index is 723. The monoisotopic (exact) mass is 363 g/mol. The van der Waals surface area contributed by atoms with Gasteiger partial charge in [-0.1, -0.05) is 25.5 Å². The highest BCUT2D eigenvalue weighted by Gasteiger charge is 2.27. The zero-order valence-electron chi connectivity index (χ0n) is 13.4. The first kappa shape index (κ1) is 19.4. The van der Waals surface area contributed by atoms with Gasteiger partial charge < -0.3 is 4.74 Å². The average Bonchev–Trinajstić information content (AvgIpc) is 2.40. The normalized spacial score (nSPS) is 12.0. The van der Waals surface area contributed by atoms with E-state index in [1.165, 1.54) is 18.2 Å². The van der Waals surface area contributed by atoms with Gasteiger partial charge in [-0.25, -0.2) is 16.8 Å². The Morgan fingerprint density at radius 3 is 2.26 bits per heavy atom. The third kappa shape index (κ3) is 6.19. The van der Waals surface area contributed by atoms with Crippen molar-refractivity contribution < 1.29 is 26.4 Å². The van der Waals surface area contributed by atoms with E-state index in [9.17, 15) is 21.6 Å². The Morgan fingerprint density at radius 1 is 1.13 bits per heavy atom. The fraction of sp³-hybridized carbons (Fsp3) is 0.500. The molecule has 130 valence electrons. The summed E-state index contributed by atoms with van der Waals surface area (Å²) in [6.07, 6.45) is 3.54. The number of esters is 1. The number of hydrogen-bond acceptors (Lipinski definition) is 6. The molecule has 0 atom stereocenters. The zero-order valence-corrected chi connectivity index (χ0v) is 15.0. The maximum Gasteiger partial charge on any atom is 0.306 e. The Morgan fingerprint density at radius 2 is 1.74 bits per heavy atom. The molecule has 7 nitrogen and oxygen atoms in total. The topological polar surface area (TPSA) is 97.8 Å². The third-order valence-electron chi connectivity index (χ3n) is 2.86. The lowest BCUT2D eigenvalue weighted by atomic mass is 10.2. The van der Waals surface area contributed by atoms with E-state index in [0.717, 1.165) is 25.4 Å². The maximum absolute atomic E-state index is 11.7.